The van der Waals surface area contributed by atoms with Crippen LogP contribution in [0.5, 0.6) is 5.75 Å². The fourth-order valence-corrected chi connectivity index (χ4v) is 3.36. The van der Waals surface area contributed by atoms with Gasteiger partial charge in [-0.2, -0.15) is 0 Å². The second kappa shape index (κ2) is 7.97. The Bertz CT molecular complexity index is 1100. The molecule has 138 valence electrons. The molecule has 1 N–H and O–H groups in total. The predicted octanol–water partition coefficient (Wildman–Crippen LogP) is 5.69. The second-order valence-electron chi connectivity index (χ2n) is 6.67. The number of carbonyl (C=O) groups is 1. The van der Waals surface area contributed by atoms with Crippen LogP contribution >= 0.6 is 0 Å². The van der Waals surface area contributed by atoms with Crippen molar-refractivity contribution in [3.05, 3.63) is 108 Å². The number of hydrogen-bond acceptors (Lipinski definition) is 2. The highest BCUT2D eigenvalue weighted by molar-refractivity contribution is 6.10. The van der Waals surface area contributed by atoms with Gasteiger partial charge in [0, 0.05) is 22.0 Å². The summed E-state index contributed by atoms with van der Waals surface area (Å²) >= 11 is 0. The summed E-state index contributed by atoms with van der Waals surface area (Å²) < 4.78 is 5.42. The average Bonchev–Trinajstić information content (AvgIpc) is 2.75. The first-order valence-corrected chi connectivity index (χ1v) is 9.24. The van der Waals surface area contributed by atoms with Gasteiger partial charge in [0.2, 0.25) is 0 Å². The second-order valence-corrected chi connectivity index (χ2v) is 6.67. The molecule has 0 aliphatic carbocycles. The lowest BCUT2D eigenvalue weighted by atomic mass is 10.0. The molecule has 0 heterocycles. The lowest BCUT2D eigenvalue weighted by molar-refractivity contribution is 0.102. The Morgan fingerprint density at radius 3 is 2.11 bits per heavy atom. The van der Waals surface area contributed by atoms with E-state index in [9.17, 15) is 4.79 Å². The molecule has 0 fully saturated rings. The molecule has 4 aromatic rings. The van der Waals surface area contributed by atoms with Gasteiger partial charge in [-0.1, -0.05) is 66.7 Å². The van der Waals surface area contributed by atoms with Crippen LogP contribution in [0.25, 0.3) is 10.8 Å². The number of rotatable bonds is 5. The monoisotopic (exact) mass is 367 g/mol. The van der Waals surface area contributed by atoms with E-state index >= 15 is 0 Å². The number of anilines is 1. The van der Waals surface area contributed by atoms with Gasteiger partial charge in [-0.25, -0.2) is 0 Å². The third kappa shape index (κ3) is 3.74. The van der Waals surface area contributed by atoms with Gasteiger partial charge in [0.05, 0.1) is 7.11 Å². The molecule has 0 saturated heterocycles. The number of fused-ring (bicyclic) bond motifs is 1. The predicted molar refractivity (Wildman–Crippen MR) is 114 cm³/mol. The van der Waals surface area contributed by atoms with Crippen molar-refractivity contribution in [2.24, 2.45) is 0 Å². The van der Waals surface area contributed by atoms with Gasteiger partial charge in [-0.05, 0) is 41.8 Å². The normalized spacial score (nSPS) is 10.6. The molecular formula is C25H21NO2. The summed E-state index contributed by atoms with van der Waals surface area (Å²) in [5.74, 6) is 0.667. The van der Waals surface area contributed by atoms with Crippen molar-refractivity contribution in [2.75, 3.05) is 12.4 Å². The van der Waals surface area contributed by atoms with Crippen LogP contribution in [0.4, 0.5) is 5.69 Å². The molecule has 0 atom stereocenters. The van der Waals surface area contributed by atoms with Gasteiger partial charge in [0.25, 0.3) is 5.91 Å². The summed E-state index contributed by atoms with van der Waals surface area (Å²) in [6.45, 7) is 0. The van der Waals surface area contributed by atoms with E-state index in [0.717, 1.165) is 28.6 Å². The SMILES string of the molecule is COc1ccc(NC(=O)c2ccc(Cc3ccccc3)cc2)c2ccccc12. The summed E-state index contributed by atoms with van der Waals surface area (Å²) in [6, 6.07) is 29.7. The molecule has 4 rings (SSSR count). The third-order valence-electron chi connectivity index (χ3n) is 4.82. The maximum absolute atomic E-state index is 12.7. The van der Waals surface area contributed by atoms with E-state index in [1.807, 2.05) is 78.9 Å². The fraction of sp³-hybridized carbons (Fsp3) is 0.0800. The van der Waals surface area contributed by atoms with Crippen LogP contribution in [-0.4, -0.2) is 13.0 Å². The summed E-state index contributed by atoms with van der Waals surface area (Å²) in [4.78, 5) is 12.7. The first kappa shape index (κ1) is 17.8. The van der Waals surface area contributed by atoms with Crippen LogP contribution < -0.4 is 10.1 Å². The average molecular weight is 367 g/mol. The number of methoxy groups -OCH3 is 1. The Kier molecular flexibility index (Phi) is 5.07. The van der Waals surface area contributed by atoms with E-state index in [-0.39, 0.29) is 5.91 Å². The van der Waals surface area contributed by atoms with Gasteiger partial charge in [-0.15, -0.1) is 0 Å². The number of amides is 1. The van der Waals surface area contributed by atoms with Crippen LogP contribution in [0.15, 0.2) is 91.0 Å². The van der Waals surface area contributed by atoms with Crippen molar-refractivity contribution in [1.29, 1.82) is 0 Å². The van der Waals surface area contributed by atoms with E-state index in [1.165, 1.54) is 11.1 Å². The molecule has 0 unspecified atom stereocenters. The number of nitrogens with one attached hydrogen (secondary N) is 1. The fourth-order valence-electron chi connectivity index (χ4n) is 3.36. The molecule has 0 aliphatic heterocycles. The van der Waals surface area contributed by atoms with Crippen molar-refractivity contribution in [3.8, 4) is 5.75 Å². The summed E-state index contributed by atoms with van der Waals surface area (Å²) in [6.07, 6.45) is 0.853. The molecule has 1 amide bonds. The van der Waals surface area contributed by atoms with Crippen molar-refractivity contribution in [2.45, 2.75) is 6.42 Å². The van der Waals surface area contributed by atoms with Crippen molar-refractivity contribution < 1.29 is 9.53 Å². The molecule has 3 heteroatoms. The number of carbonyl (C=O) groups excluding carboxylic acids is 1. The van der Waals surface area contributed by atoms with E-state index in [4.69, 9.17) is 4.74 Å². The number of hydrogen-bond donors (Lipinski definition) is 1. The molecule has 0 aliphatic rings. The Balaban J connectivity index is 1.53. The van der Waals surface area contributed by atoms with Crippen LogP contribution in [0.3, 0.4) is 0 Å². The number of benzene rings is 4. The molecule has 4 aromatic carbocycles. The minimum atomic E-state index is -0.124. The topological polar surface area (TPSA) is 38.3 Å². The summed E-state index contributed by atoms with van der Waals surface area (Å²) in [5.41, 5.74) is 3.84. The van der Waals surface area contributed by atoms with Gasteiger partial charge in [0.1, 0.15) is 5.75 Å². The summed E-state index contributed by atoms with van der Waals surface area (Å²) in [5, 5.41) is 4.95. The van der Waals surface area contributed by atoms with E-state index in [0.29, 0.717) is 5.56 Å². The van der Waals surface area contributed by atoms with Gasteiger partial charge in [-0.3, -0.25) is 4.79 Å². The zero-order valence-electron chi connectivity index (χ0n) is 15.7. The molecular weight excluding hydrogens is 346 g/mol. The zero-order valence-corrected chi connectivity index (χ0v) is 15.7. The van der Waals surface area contributed by atoms with Crippen LogP contribution in [-0.2, 0) is 6.42 Å². The summed E-state index contributed by atoms with van der Waals surface area (Å²) in [7, 11) is 1.65. The van der Waals surface area contributed by atoms with Gasteiger partial charge in [0.15, 0.2) is 0 Å². The Morgan fingerprint density at radius 1 is 0.750 bits per heavy atom. The minimum absolute atomic E-state index is 0.124. The smallest absolute Gasteiger partial charge is 0.255 e. The third-order valence-corrected chi connectivity index (χ3v) is 4.82. The minimum Gasteiger partial charge on any atom is -0.496 e. The van der Waals surface area contributed by atoms with Gasteiger partial charge < -0.3 is 10.1 Å². The molecule has 3 nitrogen and oxygen atoms in total. The largest absolute Gasteiger partial charge is 0.496 e. The Labute approximate surface area is 164 Å². The lowest BCUT2D eigenvalue weighted by Crippen LogP contribution is -2.12. The van der Waals surface area contributed by atoms with Gasteiger partial charge >= 0.3 is 0 Å². The van der Waals surface area contributed by atoms with Crippen LogP contribution in [0, 0.1) is 0 Å². The highest BCUT2D eigenvalue weighted by Gasteiger charge is 2.11. The van der Waals surface area contributed by atoms with Crippen LogP contribution in [0.1, 0.15) is 21.5 Å². The molecule has 0 radical (unpaired) electrons. The molecule has 0 aromatic heterocycles. The molecule has 0 spiro atoms. The molecule has 28 heavy (non-hydrogen) atoms. The van der Waals surface area contributed by atoms with E-state index < -0.39 is 0 Å². The number of ether oxygens (including phenoxy) is 1. The van der Waals surface area contributed by atoms with Crippen molar-refractivity contribution >= 4 is 22.4 Å². The van der Waals surface area contributed by atoms with Crippen LogP contribution in [0.2, 0.25) is 0 Å². The highest BCUT2D eigenvalue weighted by Crippen LogP contribution is 2.31. The molecule has 0 saturated carbocycles. The first-order chi connectivity index (χ1) is 13.7. The first-order valence-electron chi connectivity index (χ1n) is 9.24. The quantitative estimate of drug-likeness (QED) is 0.492. The Morgan fingerprint density at radius 2 is 1.39 bits per heavy atom. The zero-order chi connectivity index (χ0) is 19.3. The standard InChI is InChI=1S/C25H21NO2/c1-28-24-16-15-23(21-9-5-6-10-22(21)24)26-25(27)20-13-11-19(12-14-20)17-18-7-3-2-4-8-18/h2-16H,17H2,1H3,(H,26,27). The maximum Gasteiger partial charge on any atom is 0.255 e. The lowest BCUT2D eigenvalue weighted by Gasteiger charge is -2.12. The van der Waals surface area contributed by atoms with E-state index in [1.54, 1.807) is 7.11 Å². The molecule has 0 bridgehead atoms. The maximum atomic E-state index is 12.7. The highest BCUT2D eigenvalue weighted by atomic mass is 16.5. The Hall–Kier alpha value is -3.59. The van der Waals surface area contributed by atoms with Crippen molar-refractivity contribution in [3.63, 3.8) is 0 Å². The van der Waals surface area contributed by atoms with Crippen molar-refractivity contribution in [1.82, 2.24) is 0 Å². The van der Waals surface area contributed by atoms with E-state index in [2.05, 4.69) is 17.4 Å².